The van der Waals surface area contributed by atoms with E-state index in [4.69, 9.17) is 5.11 Å². The van der Waals surface area contributed by atoms with Crippen LogP contribution in [0.1, 0.15) is 25.3 Å². The molecule has 4 nitrogen and oxygen atoms in total. The second-order valence-corrected chi connectivity index (χ2v) is 5.55. The van der Waals surface area contributed by atoms with Crippen molar-refractivity contribution in [2.75, 3.05) is 5.75 Å². The van der Waals surface area contributed by atoms with Gasteiger partial charge in [0.25, 0.3) is 0 Å². The molecule has 2 N–H and O–H groups in total. The molecule has 1 amide bonds. The molecule has 0 aliphatic heterocycles. The molecule has 1 atom stereocenters. The van der Waals surface area contributed by atoms with E-state index in [1.165, 1.54) is 17.3 Å². The molecule has 0 saturated heterocycles. The zero-order valence-corrected chi connectivity index (χ0v) is 12.0. The summed E-state index contributed by atoms with van der Waals surface area (Å²) in [6.07, 6.45) is 0.531. The van der Waals surface area contributed by atoms with E-state index in [1.807, 2.05) is 38.1 Å². The monoisotopic (exact) mass is 281 g/mol. The summed E-state index contributed by atoms with van der Waals surface area (Å²) < 4.78 is 0. The summed E-state index contributed by atoms with van der Waals surface area (Å²) in [5.74, 6) is -0.556. The third-order valence-corrected chi connectivity index (χ3v) is 3.60. The lowest BCUT2D eigenvalue weighted by Crippen LogP contribution is -2.34. The number of carbonyl (C=O) groups is 2. The highest BCUT2D eigenvalue weighted by molar-refractivity contribution is 8.00. The highest BCUT2D eigenvalue weighted by Gasteiger charge is 2.09. The summed E-state index contributed by atoms with van der Waals surface area (Å²) in [5, 5.41) is 11.3. The van der Waals surface area contributed by atoms with Crippen molar-refractivity contribution in [2.24, 2.45) is 0 Å². The third-order valence-electron chi connectivity index (χ3n) is 2.59. The molecule has 0 radical (unpaired) electrons. The molecule has 1 rings (SSSR count). The van der Waals surface area contributed by atoms with Gasteiger partial charge in [-0.05, 0) is 32.4 Å². The number of benzene rings is 1. The number of carboxylic acid groups (broad SMARTS) is 1. The van der Waals surface area contributed by atoms with E-state index in [9.17, 15) is 9.59 Å². The first-order chi connectivity index (χ1) is 8.97. The number of aryl methyl sites for hydroxylation is 1. The summed E-state index contributed by atoms with van der Waals surface area (Å²) in [7, 11) is 0. The predicted molar refractivity (Wildman–Crippen MR) is 76.4 cm³/mol. The fourth-order valence-electron chi connectivity index (χ4n) is 1.51. The first kappa shape index (κ1) is 15.6. The van der Waals surface area contributed by atoms with Gasteiger partial charge in [0.15, 0.2) is 0 Å². The van der Waals surface area contributed by atoms with Crippen LogP contribution in [-0.4, -0.2) is 28.8 Å². The number of thioether (sulfide) groups is 1. The molecule has 0 heterocycles. The van der Waals surface area contributed by atoms with Crippen LogP contribution in [0.3, 0.4) is 0 Å². The standard InChI is InChI=1S/C14H19NO3S/c1-10-3-6-12(7-4-10)19-9-13(16)15-11(2)5-8-14(17)18/h3-4,6-7,11H,5,8-9H2,1-2H3,(H,15,16)(H,17,18). The molecule has 0 spiro atoms. The minimum Gasteiger partial charge on any atom is -0.481 e. The molecule has 19 heavy (non-hydrogen) atoms. The van der Waals surface area contributed by atoms with Crippen LogP contribution in [0.25, 0.3) is 0 Å². The van der Waals surface area contributed by atoms with Crippen molar-refractivity contribution < 1.29 is 14.7 Å². The first-order valence-electron chi connectivity index (χ1n) is 6.18. The van der Waals surface area contributed by atoms with E-state index in [1.54, 1.807) is 0 Å². The van der Waals surface area contributed by atoms with E-state index in [-0.39, 0.29) is 18.4 Å². The van der Waals surface area contributed by atoms with E-state index in [0.717, 1.165) is 4.90 Å². The van der Waals surface area contributed by atoms with Crippen LogP contribution in [0.5, 0.6) is 0 Å². The molecule has 0 saturated carbocycles. The van der Waals surface area contributed by atoms with Gasteiger partial charge < -0.3 is 10.4 Å². The summed E-state index contributed by atoms with van der Waals surface area (Å²) in [4.78, 5) is 23.1. The molecule has 0 aliphatic rings. The molecule has 0 bridgehead atoms. The van der Waals surface area contributed by atoms with Crippen molar-refractivity contribution in [3.05, 3.63) is 29.8 Å². The van der Waals surface area contributed by atoms with Crippen molar-refractivity contribution in [3.8, 4) is 0 Å². The maximum atomic E-state index is 11.7. The molecule has 104 valence electrons. The summed E-state index contributed by atoms with van der Waals surface area (Å²) in [6, 6.07) is 7.88. The molecular weight excluding hydrogens is 262 g/mol. The Bertz CT molecular complexity index is 431. The van der Waals surface area contributed by atoms with Gasteiger partial charge in [-0.25, -0.2) is 0 Å². The molecule has 0 aliphatic carbocycles. The van der Waals surface area contributed by atoms with Crippen LogP contribution in [-0.2, 0) is 9.59 Å². The lowest BCUT2D eigenvalue weighted by molar-refractivity contribution is -0.137. The third kappa shape index (κ3) is 6.86. The number of amides is 1. The number of hydrogen-bond acceptors (Lipinski definition) is 3. The Labute approximate surface area is 117 Å². The highest BCUT2D eigenvalue weighted by atomic mass is 32.2. The Kier molecular flexibility index (Phi) is 6.42. The van der Waals surface area contributed by atoms with Crippen LogP contribution in [0.4, 0.5) is 0 Å². The predicted octanol–water partition coefficient (Wildman–Crippen LogP) is 2.46. The van der Waals surface area contributed by atoms with Gasteiger partial charge in [-0.2, -0.15) is 0 Å². The highest BCUT2D eigenvalue weighted by Crippen LogP contribution is 2.17. The maximum Gasteiger partial charge on any atom is 0.303 e. The van der Waals surface area contributed by atoms with E-state index in [0.29, 0.717) is 12.2 Å². The first-order valence-corrected chi connectivity index (χ1v) is 7.16. The molecule has 0 fully saturated rings. The van der Waals surface area contributed by atoms with Crippen LogP contribution in [0, 0.1) is 6.92 Å². The molecular formula is C14H19NO3S. The number of carbonyl (C=O) groups excluding carboxylic acids is 1. The lowest BCUT2D eigenvalue weighted by Gasteiger charge is -2.12. The topological polar surface area (TPSA) is 66.4 Å². The van der Waals surface area contributed by atoms with Crippen molar-refractivity contribution in [2.45, 2.75) is 37.6 Å². The second-order valence-electron chi connectivity index (χ2n) is 4.50. The Morgan fingerprint density at radius 3 is 2.53 bits per heavy atom. The van der Waals surface area contributed by atoms with Crippen molar-refractivity contribution in [1.82, 2.24) is 5.32 Å². The maximum absolute atomic E-state index is 11.7. The van der Waals surface area contributed by atoms with E-state index < -0.39 is 5.97 Å². The quantitative estimate of drug-likeness (QED) is 0.753. The fourth-order valence-corrected chi connectivity index (χ4v) is 2.22. The fraction of sp³-hybridized carbons (Fsp3) is 0.429. The normalized spacial score (nSPS) is 11.9. The van der Waals surface area contributed by atoms with Crippen LogP contribution in [0.2, 0.25) is 0 Å². The number of rotatable bonds is 7. The van der Waals surface area contributed by atoms with Gasteiger partial charge in [0.1, 0.15) is 0 Å². The summed E-state index contributed by atoms with van der Waals surface area (Å²) in [6.45, 7) is 3.84. The largest absolute Gasteiger partial charge is 0.481 e. The molecule has 5 heteroatoms. The zero-order valence-electron chi connectivity index (χ0n) is 11.2. The van der Waals surface area contributed by atoms with Gasteiger partial charge in [0.05, 0.1) is 5.75 Å². The summed E-state index contributed by atoms with van der Waals surface area (Å²) in [5.41, 5.74) is 1.19. The Morgan fingerprint density at radius 2 is 1.95 bits per heavy atom. The van der Waals surface area contributed by atoms with Crippen molar-refractivity contribution in [3.63, 3.8) is 0 Å². The Balaban J connectivity index is 2.27. The Hall–Kier alpha value is -1.49. The van der Waals surface area contributed by atoms with E-state index >= 15 is 0 Å². The molecule has 1 unspecified atom stereocenters. The van der Waals surface area contributed by atoms with Gasteiger partial charge in [-0.3, -0.25) is 9.59 Å². The average molecular weight is 281 g/mol. The molecule has 0 aromatic heterocycles. The summed E-state index contributed by atoms with van der Waals surface area (Å²) >= 11 is 1.48. The van der Waals surface area contributed by atoms with Gasteiger partial charge in [-0.15, -0.1) is 11.8 Å². The van der Waals surface area contributed by atoms with Gasteiger partial charge in [0.2, 0.25) is 5.91 Å². The van der Waals surface area contributed by atoms with E-state index in [2.05, 4.69) is 5.32 Å². The van der Waals surface area contributed by atoms with Crippen LogP contribution >= 0.6 is 11.8 Å². The number of hydrogen-bond donors (Lipinski definition) is 2. The lowest BCUT2D eigenvalue weighted by atomic mass is 10.2. The van der Waals surface area contributed by atoms with Crippen LogP contribution < -0.4 is 5.32 Å². The molecule has 1 aromatic carbocycles. The van der Waals surface area contributed by atoms with Crippen molar-refractivity contribution in [1.29, 1.82) is 0 Å². The average Bonchev–Trinajstić information content (AvgIpc) is 2.36. The number of carboxylic acids is 1. The second kappa shape index (κ2) is 7.84. The van der Waals surface area contributed by atoms with Crippen molar-refractivity contribution >= 4 is 23.6 Å². The Morgan fingerprint density at radius 1 is 1.32 bits per heavy atom. The number of nitrogens with one attached hydrogen (secondary N) is 1. The minimum atomic E-state index is -0.838. The van der Waals surface area contributed by atoms with Gasteiger partial charge >= 0.3 is 5.97 Å². The zero-order chi connectivity index (χ0) is 14.3. The van der Waals surface area contributed by atoms with Gasteiger partial charge in [-0.1, -0.05) is 17.7 Å². The van der Waals surface area contributed by atoms with Crippen LogP contribution in [0.15, 0.2) is 29.2 Å². The SMILES string of the molecule is Cc1ccc(SCC(=O)NC(C)CCC(=O)O)cc1. The molecule has 1 aromatic rings. The number of aliphatic carboxylic acids is 1. The smallest absolute Gasteiger partial charge is 0.303 e. The van der Waals surface area contributed by atoms with Gasteiger partial charge in [0, 0.05) is 17.4 Å². The minimum absolute atomic E-state index is 0.0662.